The minimum Gasteiger partial charge on any atom is -0.497 e. The van der Waals surface area contributed by atoms with Crippen LogP contribution in [0.5, 0.6) is 11.5 Å². The summed E-state index contributed by atoms with van der Waals surface area (Å²) < 4.78 is 10.7. The normalized spacial score (nSPS) is 10.9. The molecule has 0 N–H and O–H groups in total. The van der Waals surface area contributed by atoms with E-state index in [-0.39, 0.29) is 0 Å². The summed E-state index contributed by atoms with van der Waals surface area (Å²) in [7, 11) is 3.36. The topological polar surface area (TPSA) is 31.4 Å². The second-order valence-electron chi connectivity index (χ2n) is 5.62. The molecule has 3 heteroatoms. The highest BCUT2D eigenvalue weighted by molar-refractivity contribution is 6.11. The Balaban J connectivity index is 2.05. The Morgan fingerprint density at radius 1 is 0.667 bits per heavy atom. The van der Waals surface area contributed by atoms with Crippen LogP contribution < -0.4 is 9.47 Å². The van der Waals surface area contributed by atoms with Crippen LogP contribution in [0, 0.1) is 0 Å². The maximum absolute atomic E-state index is 5.41. The molecule has 3 nitrogen and oxygen atoms in total. The largest absolute Gasteiger partial charge is 0.497 e. The molecule has 0 aliphatic carbocycles. The summed E-state index contributed by atoms with van der Waals surface area (Å²) in [6, 6.07) is 22.3. The van der Waals surface area contributed by atoms with E-state index in [1.54, 1.807) is 14.2 Å². The van der Waals surface area contributed by atoms with Gasteiger partial charge in [-0.1, -0.05) is 18.2 Å². The molecule has 118 valence electrons. The van der Waals surface area contributed by atoms with E-state index in [1.165, 1.54) is 0 Å². The molecule has 4 rings (SSSR count). The molecule has 0 aliphatic heterocycles. The quantitative estimate of drug-likeness (QED) is 0.494. The smallest absolute Gasteiger partial charge is 0.119 e. The number of rotatable bonds is 3. The molecule has 0 unspecified atom stereocenters. The van der Waals surface area contributed by atoms with E-state index in [0.29, 0.717) is 0 Å². The fraction of sp³-hybridized carbons (Fsp3) is 0.0952. The van der Waals surface area contributed by atoms with E-state index in [9.17, 15) is 0 Å². The first-order valence-corrected chi connectivity index (χ1v) is 7.81. The summed E-state index contributed by atoms with van der Waals surface area (Å²) in [6.07, 6.45) is 0. The molecule has 3 aromatic carbocycles. The molecule has 0 amide bonds. The number of ether oxygens (including phenoxy) is 2. The number of nitrogens with zero attached hydrogens (tertiary/aromatic N) is 1. The van der Waals surface area contributed by atoms with Crippen molar-refractivity contribution in [1.29, 1.82) is 0 Å². The number of benzene rings is 3. The maximum atomic E-state index is 5.41. The Kier molecular flexibility index (Phi) is 3.54. The average Bonchev–Trinajstić information content (AvgIpc) is 2.67. The highest BCUT2D eigenvalue weighted by Gasteiger charge is 2.11. The number of pyridine rings is 1. The number of hydrogen-bond donors (Lipinski definition) is 0. The number of para-hydroxylation sites is 1. The third-order valence-corrected chi connectivity index (χ3v) is 4.27. The highest BCUT2D eigenvalue weighted by atomic mass is 16.5. The monoisotopic (exact) mass is 315 g/mol. The van der Waals surface area contributed by atoms with E-state index in [2.05, 4.69) is 18.2 Å². The molecule has 0 radical (unpaired) electrons. The molecule has 1 aromatic heterocycles. The standard InChI is InChI=1S/C21H17NO2/c1-23-15-9-7-14(8-10-15)21-18-12-11-16(24-2)13-19(18)17-5-3-4-6-20(17)22-21/h3-13H,1-2H3. The third-order valence-electron chi connectivity index (χ3n) is 4.27. The number of fused-ring (bicyclic) bond motifs is 3. The van der Waals surface area contributed by atoms with Crippen molar-refractivity contribution in [3.05, 3.63) is 66.7 Å². The van der Waals surface area contributed by atoms with Gasteiger partial charge in [0.05, 0.1) is 25.4 Å². The zero-order chi connectivity index (χ0) is 16.5. The van der Waals surface area contributed by atoms with Gasteiger partial charge in [0.2, 0.25) is 0 Å². The maximum Gasteiger partial charge on any atom is 0.119 e. The van der Waals surface area contributed by atoms with Crippen molar-refractivity contribution >= 4 is 21.7 Å². The van der Waals surface area contributed by atoms with Crippen LogP contribution in [0.1, 0.15) is 0 Å². The molecule has 0 spiro atoms. The van der Waals surface area contributed by atoms with Crippen molar-refractivity contribution in [1.82, 2.24) is 4.98 Å². The van der Waals surface area contributed by atoms with Gasteiger partial charge in [-0.2, -0.15) is 0 Å². The lowest BCUT2D eigenvalue weighted by Crippen LogP contribution is -1.91. The summed E-state index contributed by atoms with van der Waals surface area (Å²) in [5, 5.41) is 3.38. The molecular formula is C21H17NO2. The van der Waals surface area contributed by atoms with E-state index >= 15 is 0 Å². The van der Waals surface area contributed by atoms with Crippen LogP contribution in [0.2, 0.25) is 0 Å². The summed E-state index contributed by atoms with van der Waals surface area (Å²) in [6.45, 7) is 0. The third kappa shape index (κ3) is 2.35. The average molecular weight is 315 g/mol. The minimum absolute atomic E-state index is 0.838. The van der Waals surface area contributed by atoms with Crippen LogP contribution in [0.3, 0.4) is 0 Å². The Labute approximate surface area is 140 Å². The van der Waals surface area contributed by atoms with Crippen molar-refractivity contribution in [2.24, 2.45) is 0 Å². The van der Waals surface area contributed by atoms with Gasteiger partial charge in [-0.3, -0.25) is 0 Å². The molecule has 0 aliphatic rings. The minimum atomic E-state index is 0.838. The van der Waals surface area contributed by atoms with Gasteiger partial charge in [0.15, 0.2) is 0 Å². The zero-order valence-electron chi connectivity index (χ0n) is 13.6. The van der Waals surface area contributed by atoms with Crippen LogP contribution >= 0.6 is 0 Å². The fourth-order valence-corrected chi connectivity index (χ4v) is 3.03. The van der Waals surface area contributed by atoms with E-state index in [0.717, 1.165) is 44.4 Å². The van der Waals surface area contributed by atoms with Crippen LogP contribution in [0.15, 0.2) is 66.7 Å². The van der Waals surface area contributed by atoms with Gasteiger partial charge < -0.3 is 9.47 Å². The lowest BCUT2D eigenvalue weighted by atomic mass is 10.00. The van der Waals surface area contributed by atoms with Crippen molar-refractivity contribution < 1.29 is 9.47 Å². The summed E-state index contributed by atoms with van der Waals surface area (Å²) in [5.74, 6) is 1.69. The molecular weight excluding hydrogens is 298 g/mol. The van der Waals surface area contributed by atoms with E-state index in [4.69, 9.17) is 14.5 Å². The lowest BCUT2D eigenvalue weighted by molar-refractivity contribution is 0.415. The molecule has 0 bridgehead atoms. The Morgan fingerprint density at radius 3 is 2.12 bits per heavy atom. The van der Waals surface area contributed by atoms with Crippen molar-refractivity contribution in [2.75, 3.05) is 14.2 Å². The highest BCUT2D eigenvalue weighted by Crippen LogP contribution is 2.34. The van der Waals surface area contributed by atoms with E-state index in [1.807, 2.05) is 48.5 Å². The molecule has 4 aromatic rings. The van der Waals surface area contributed by atoms with Crippen LogP contribution in [0.4, 0.5) is 0 Å². The van der Waals surface area contributed by atoms with Gasteiger partial charge in [-0.25, -0.2) is 4.98 Å². The van der Waals surface area contributed by atoms with Crippen LogP contribution in [0.25, 0.3) is 32.9 Å². The molecule has 0 atom stereocenters. The van der Waals surface area contributed by atoms with Gasteiger partial charge in [0.25, 0.3) is 0 Å². The van der Waals surface area contributed by atoms with Crippen LogP contribution in [-0.2, 0) is 0 Å². The fourth-order valence-electron chi connectivity index (χ4n) is 3.03. The SMILES string of the molecule is COc1ccc(-c2nc3ccccc3c3cc(OC)ccc23)cc1. The molecule has 1 heterocycles. The second-order valence-corrected chi connectivity index (χ2v) is 5.62. The predicted molar refractivity (Wildman–Crippen MR) is 97.8 cm³/mol. The number of methoxy groups -OCH3 is 2. The van der Waals surface area contributed by atoms with Crippen molar-refractivity contribution in [3.8, 4) is 22.8 Å². The van der Waals surface area contributed by atoms with Crippen molar-refractivity contribution in [3.63, 3.8) is 0 Å². The van der Waals surface area contributed by atoms with E-state index < -0.39 is 0 Å². The molecule has 24 heavy (non-hydrogen) atoms. The summed E-state index contributed by atoms with van der Waals surface area (Å²) >= 11 is 0. The Morgan fingerprint density at radius 2 is 1.38 bits per heavy atom. The Bertz CT molecular complexity index is 1020. The van der Waals surface area contributed by atoms with Gasteiger partial charge in [0.1, 0.15) is 11.5 Å². The second kappa shape index (κ2) is 5.85. The summed E-state index contributed by atoms with van der Waals surface area (Å²) in [4.78, 5) is 4.90. The zero-order valence-corrected chi connectivity index (χ0v) is 13.6. The first-order chi connectivity index (χ1) is 11.8. The van der Waals surface area contributed by atoms with Gasteiger partial charge in [0, 0.05) is 16.3 Å². The first-order valence-electron chi connectivity index (χ1n) is 7.81. The summed E-state index contributed by atoms with van der Waals surface area (Å²) in [5.41, 5.74) is 3.01. The number of hydrogen-bond acceptors (Lipinski definition) is 3. The van der Waals surface area contributed by atoms with Gasteiger partial charge >= 0.3 is 0 Å². The van der Waals surface area contributed by atoms with Crippen molar-refractivity contribution in [2.45, 2.75) is 0 Å². The Hall–Kier alpha value is -3.07. The first kappa shape index (κ1) is 14.5. The molecule has 0 saturated carbocycles. The predicted octanol–water partition coefficient (Wildman–Crippen LogP) is 5.07. The van der Waals surface area contributed by atoms with Crippen LogP contribution in [-0.4, -0.2) is 19.2 Å². The lowest BCUT2D eigenvalue weighted by Gasteiger charge is -2.11. The van der Waals surface area contributed by atoms with Gasteiger partial charge in [-0.15, -0.1) is 0 Å². The number of aromatic nitrogens is 1. The van der Waals surface area contributed by atoms with Gasteiger partial charge in [-0.05, 0) is 53.9 Å². The molecule has 0 saturated heterocycles. The molecule has 0 fully saturated rings.